The van der Waals surface area contributed by atoms with Crippen molar-refractivity contribution in [3.8, 4) is 0 Å². The predicted molar refractivity (Wildman–Crippen MR) is 57.0 cm³/mol. The van der Waals surface area contributed by atoms with E-state index in [0.717, 1.165) is 19.7 Å². The molecule has 0 spiro atoms. The van der Waals surface area contributed by atoms with Gasteiger partial charge in [0.25, 0.3) is 0 Å². The van der Waals surface area contributed by atoms with E-state index in [0.29, 0.717) is 6.61 Å². The van der Waals surface area contributed by atoms with E-state index in [4.69, 9.17) is 9.84 Å². The molecular weight excluding hydrogens is 166 g/mol. The largest absolute Gasteiger partial charge is 0.389 e. The highest BCUT2D eigenvalue weighted by atomic mass is 16.5. The molecule has 0 aromatic rings. The van der Waals surface area contributed by atoms with E-state index in [-0.39, 0.29) is 6.10 Å². The molecule has 1 unspecified atom stereocenters. The van der Waals surface area contributed by atoms with Crippen molar-refractivity contribution in [2.24, 2.45) is 0 Å². The third kappa shape index (κ3) is 9.80. The summed E-state index contributed by atoms with van der Waals surface area (Å²) >= 11 is 0. The number of likely N-dealkylation sites (N-methyl/N-ethyl adjacent to an activating group) is 1. The fraction of sp³-hybridized carbons (Fsp3) is 1.00. The maximum absolute atomic E-state index is 9.09. The number of nitrogens with zero attached hydrogens (tertiary/aromatic N) is 1. The fourth-order valence-electron chi connectivity index (χ4n) is 0.944. The number of rotatable bonds is 0. The molecule has 3 heteroatoms. The zero-order valence-corrected chi connectivity index (χ0v) is 9.71. The maximum atomic E-state index is 9.09. The quantitative estimate of drug-likeness (QED) is 0.627. The summed E-state index contributed by atoms with van der Waals surface area (Å²) in [6.45, 7) is 10.9. The van der Waals surface area contributed by atoms with Gasteiger partial charge in [0, 0.05) is 13.1 Å². The van der Waals surface area contributed by atoms with Crippen LogP contribution in [-0.4, -0.2) is 49.5 Å². The molecule has 1 aliphatic heterocycles. The summed E-state index contributed by atoms with van der Waals surface area (Å²) in [5.74, 6) is 0. The summed E-state index contributed by atoms with van der Waals surface area (Å²) in [4.78, 5) is 2.07. The van der Waals surface area contributed by atoms with Gasteiger partial charge in [0.05, 0.1) is 19.3 Å². The molecule has 1 N–H and O–H groups in total. The first-order valence-corrected chi connectivity index (χ1v) is 5.23. The number of hydrogen-bond donors (Lipinski definition) is 1. The molecule has 0 bridgehead atoms. The van der Waals surface area contributed by atoms with E-state index < -0.39 is 0 Å². The molecule has 1 saturated heterocycles. The van der Waals surface area contributed by atoms with Crippen molar-refractivity contribution in [3.63, 3.8) is 0 Å². The van der Waals surface area contributed by atoms with Gasteiger partial charge in [-0.25, -0.2) is 0 Å². The Hall–Kier alpha value is -0.120. The first-order chi connectivity index (χ1) is 6.29. The molecule has 1 fully saturated rings. The molecule has 82 valence electrons. The molecule has 3 nitrogen and oxygen atoms in total. The number of β-amino-alcohol motifs (C(OH)–C–C–N with tert-alkyl or cyclic N) is 1. The first-order valence-electron chi connectivity index (χ1n) is 5.23. The predicted octanol–water partition coefficient (Wildman–Crippen LogP) is 1.36. The Kier molecular flexibility index (Phi) is 14.0. The van der Waals surface area contributed by atoms with E-state index in [9.17, 15) is 0 Å². The van der Waals surface area contributed by atoms with Crippen LogP contribution in [0, 0.1) is 0 Å². The number of aliphatic hydroxyl groups excluding tert-OH is 1. The zero-order chi connectivity index (χ0) is 10.7. The Morgan fingerprint density at radius 2 is 1.77 bits per heavy atom. The van der Waals surface area contributed by atoms with Gasteiger partial charge >= 0.3 is 0 Å². The zero-order valence-electron chi connectivity index (χ0n) is 9.71. The van der Waals surface area contributed by atoms with Crippen LogP contribution in [0.5, 0.6) is 0 Å². The maximum Gasteiger partial charge on any atom is 0.0900 e. The second-order valence-electron chi connectivity index (χ2n) is 2.49. The van der Waals surface area contributed by atoms with Gasteiger partial charge in [-0.05, 0) is 7.05 Å². The van der Waals surface area contributed by atoms with Crippen LogP contribution in [0.15, 0.2) is 0 Å². The van der Waals surface area contributed by atoms with Crippen LogP contribution in [0.3, 0.4) is 0 Å². The topological polar surface area (TPSA) is 32.7 Å². The van der Waals surface area contributed by atoms with Gasteiger partial charge < -0.3 is 14.7 Å². The minimum atomic E-state index is -0.294. The van der Waals surface area contributed by atoms with Crippen LogP contribution in [0.1, 0.15) is 27.7 Å². The van der Waals surface area contributed by atoms with Crippen LogP contribution in [-0.2, 0) is 4.74 Å². The molecule has 0 amide bonds. The Morgan fingerprint density at radius 1 is 1.23 bits per heavy atom. The highest BCUT2D eigenvalue weighted by Crippen LogP contribution is 1.95. The van der Waals surface area contributed by atoms with Gasteiger partial charge in [0.15, 0.2) is 0 Å². The summed E-state index contributed by atoms with van der Waals surface area (Å²) in [6, 6.07) is 0. The molecule has 1 heterocycles. The lowest BCUT2D eigenvalue weighted by molar-refractivity contribution is 0.0573. The molecule has 1 atom stereocenters. The van der Waals surface area contributed by atoms with Crippen molar-refractivity contribution in [2.75, 3.05) is 33.4 Å². The van der Waals surface area contributed by atoms with Crippen LogP contribution in [0.2, 0.25) is 0 Å². The van der Waals surface area contributed by atoms with E-state index >= 15 is 0 Å². The standard InChI is InChI=1S/C6H13NO2.2C2H6/c1-7-2-3-9-5-6(8)4-7;2*1-2/h6,8H,2-5H2,1H3;2*1-2H3. The lowest BCUT2D eigenvalue weighted by Gasteiger charge is -2.13. The molecule has 0 saturated carbocycles. The summed E-state index contributed by atoms with van der Waals surface area (Å²) < 4.78 is 5.09. The van der Waals surface area contributed by atoms with Gasteiger partial charge in [-0.3, -0.25) is 0 Å². The average molecular weight is 191 g/mol. The second kappa shape index (κ2) is 11.9. The normalized spacial score (nSPS) is 23.1. The lowest BCUT2D eigenvalue weighted by atomic mass is 10.4. The lowest BCUT2D eigenvalue weighted by Crippen LogP contribution is -2.28. The Balaban J connectivity index is 0. The van der Waals surface area contributed by atoms with Crippen LogP contribution < -0.4 is 0 Å². The van der Waals surface area contributed by atoms with Crippen molar-refractivity contribution in [2.45, 2.75) is 33.8 Å². The van der Waals surface area contributed by atoms with E-state index in [1.54, 1.807) is 0 Å². The average Bonchev–Trinajstić information content (AvgIpc) is 2.36. The SMILES string of the molecule is CC.CC.CN1CCOCC(O)C1. The van der Waals surface area contributed by atoms with Gasteiger partial charge in [0.1, 0.15) is 0 Å². The second-order valence-corrected chi connectivity index (χ2v) is 2.49. The van der Waals surface area contributed by atoms with Gasteiger partial charge in [-0.2, -0.15) is 0 Å². The molecule has 0 radical (unpaired) electrons. The summed E-state index contributed by atoms with van der Waals surface area (Å²) in [5, 5.41) is 9.09. The highest BCUT2D eigenvalue weighted by molar-refractivity contribution is 4.63. The Bertz CT molecular complexity index is 79.0. The van der Waals surface area contributed by atoms with Crippen molar-refractivity contribution < 1.29 is 9.84 Å². The van der Waals surface area contributed by atoms with Crippen LogP contribution in [0.4, 0.5) is 0 Å². The number of aliphatic hydroxyl groups is 1. The van der Waals surface area contributed by atoms with E-state index in [1.807, 2.05) is 34.7 Å². The summed E-state index contributed by atoms with van der Waals surface area (Å²) in [7, 11) is 1.98. The third-order valence-electron chi connectivity index (χ3n) is 1.45. The minimum absolute atomic E-state index is 0.294. The minimum Gasteiger partial charge on any atom is -0.389 e. The van der Waals surface area contributed by atoms with Crippen molar-refractivity contribution in [1.29, 1.82) is 0 Å². The Labute approximate surface area is 82.7 Å². The molecule has 1 rings (SSSR count). The number of ether oxygens (including phenoxy) is 1. The van der Waals surface area contributed by atoms with E-state index in [2.05, 4.69) is 4.90 Å². The van der Waals surface area contributed by atoms with Crippen molar-refractivity contribution in [3.05, 3.63) is 0 Å². The molecule has 0 aromatic heterocycles. The third-order valence-corrected chi connectivity index (χ3v) is 1.45. The molecular formula is C10H25NO2. The van der Waals surface area contributed by atoms with Gasteiger partial charge in [-0.1, -0.05) is 27.7 Å². The highest BCUT2D eigenvalue weighted by Gasteiger charge is 2.11. The van der Waals surface area contributed by atoms with Crippen LogP contribution >= 0.6 is 0 Å². The van der Waals surface area contributed by atoms with Crippen LogP contribution in [0.25, 0.3) is 0 Å². The molecule has 1 aliphatic rings. The monoisotopic (exact) mass is 191 g/mol. The van der Waals surface area contributed by atoms with Crippen molar-refractivity contribution in [1.82, 2.24) is 4.90 Å². The number of hydrogen-bond acceptors (Lipinski definition) is 3. The molecule has 0 aromatic carbocycles. The van der Waals surface area contributed by atoms with Gasteiger partial charge in [-0.15, -0.1) is 0 Å². The summed E-state index contributed by atoms with van der Waals surface area (Å²) in [6.07, 6.45) is -0.294. The summed E-state index contributed by atoms with van der Waals surface area (Å²) in [5.41, 5.74) is 0. The first kappa shape index (κ1) is 15.4. The van der Waals surface area contributed by atoms with Crippen molar-refractivity contribution >= 4 is 0 Å². The smallest absolute Gasteiger partial charge is 0.0900 e. The Morgan fingerprint density at radius 3 is 2.31 bits per heavy atom. The fourth-order valence-corrected chi connectivity index (χ4v) is 0.944. The van der Waals surface area contributed by atoms with E-state index in [1.165, 1.54) is 0 Å². The molecule has 0 aliphatic carbocycles. The molecule has 13 heavy (non-hydrogen) atoms. The van der Waals surface area contributed by atoms with Gasteiger partial charge in [0.2, 0.25) is 0 Å².